The van der Waals surface area contributed by atoms with Gasteiger partial charge in [0, 0.05) is 11.1 Å². The first-order chi connectivity index (χ1) is 14.2. The molecule has 1 nitrogen and oxygen atoms in total. The van der Waals surface area contributed by atoms with Crippen molar-refractivity contribution in [1.82, 2.24) is 0 Å². The van der Waals surface area contributed by atoms with Gasteiger partial charge >= 0.3 is 0 Å². The van der Waals surface area contributed by atoms with Gasteiger partial charge in [-0.15, -0.1) is 0 Å². The molecule has 2 heteroatoms. The minimum Gasteiger partial charge on any atom is -0.289 e. The van der Waals surface area contributed by atoms with Crippen LogP contribution in [0.4, 0.5) is 0 Å². The molecule has 1 atom stereocenters. The first kappa shape index (κ1) is 22.1. The monoisotopic (exact) mass is 396 g/mol. The number of carbonyl (C=O) groups excluding carboxylic acids is 1. The second-order valence-electron chi connectivity index (χ2n) is 8.90. The fourth-order valence-corrected chi connectivity index (χ4v) is 4.43. The Kier molecular flexibility index (Phi) is 6.66. The van der Waals surface area contributed by atoms with Crippen molar-refractivity contribution in [1.29, 1.82) is 0 Å². The van der Waals surface area contributed by atoms with E-state index in [0.717, 1.165) is 24.8 Å². The van der Waals surface area contributed by atoms with Crippen molar-refractivity contribution in [3.8, 4) is 0 Å². The zero-order valence-electron chi connectivity index (χ0n) is 19.5. The van der Waals surface area contributed by atoms with E-state index in [0.29, 0.717) is 5.92 Å². The summed E-state index contributed by atoms with van der Waals surface area (Å²) in [6.07, 6.45) is 1.10. The normalized spacial score (nSPS) is 12.0. The molecule has 3 rings (SSSR count). The molecule has 0 aromatic heterocycles. The van der Waals surface area contributed by atoms with Crippen LogP contribution in [0.15, 0.2) is 48.5 Å². The maximum Gasteiger partial charge on any atom is 0.193 e. The molecule has 0 aliphatic heterocycles. The van der Waals surface area contributed by atoms with Gasteiger partial charge < -0.3 is 0 Å². The maximum atomic E-state index is 13.1. The van der Waals surface area contributed by atoms with Crippen molar-refractivity contribution < 1.29 is 4.79 Å². The Morgan fingerprint density at radius 1 is 0.767 bits per heavy atom. The number of carbonyl (C=O) groups is 1. The van der Waals surface area contributed by atoms with Gasteiger partial charge in [0.2, 0.25) is 0 Å². The molecule has 0 spiro atoms. The Labute approximate surface area is 182 Å². The Hall–Kier alpha value is -2.61. The summed E-state index contributed by atoms with van der Waals surface area (Å²) in [4.78, 5) is 13.1. The SMILES string of the molecule is CCC(C)c1ccc(C(=O)c2cc(C)c(Bc3c(C)cc(C)cc3C)c(C)c2)cc1. The van der Waals surface area contributed by atoms with Crippen LogP contribution in [0.1, 0.15) is 75.5 Å². The lowest BCUT2D eigenvalue weighted by atomic mass is 9.58. The third kappa shape index (κ3) is 4.59. The van der Waals surface area contributed by atoms with Gasteiger partial charge in [-0.1, -0.05) is 89.0 Å². The van der Waals surface area contributed by atoms with Crippen LogP contribution in [0, 0.1) is 34.6 Å². The van der Waals surface area contributed by atoms with Gasteiger partial charge in [-0.2, -0.15) is 0 Å². The number of aryl methyl sites for hydroxylation is 5. The number of ketones is 1. The van der Waals surface area contributed by atoms with Crippen molar-refractivity contribution in [3.05, 3.63) is 93.0 Å². The fraction of sp³-hybridized carbons (Fsp3) is 0.321. The van der Waals surface area contributed by atoms with Gasteiger partial charge in [0.1, 0.15) is 0 Å². The van der Waals surface area contributed by atoms with Crippen LogP contribution < -0.4 is 10.9 Å². The quantitative estimate of drug-likeness (QED) is 0.405. The number of benzene rings is 3. The van der Waals surface area contributed by atoms with Crippen LogP contribution in [-0.4, -0.2) is 13.1 Å². The number of hydrogen-bond donors (Lipinski definition) is 0. The van der Waals surface area contributed by atoms with Crippen LogP contribution in [0.2, 0.25) is 0 Å². The lowest BCUT2D eigenvalue weighted by molar-refractivity contribution is 0.103. The molecule has 0 aliphatic carbocycles. The Balaban J connectivity index is 1.90. The summed E-state index contributed by atoms with van der Waals surface area (Å²) < 4.78 is 0. The average molecular weight is 396 g/mol. The van der Waals surface area contributed by atoms with Gasteiger partial charge in [-0.25, -0.2) is 0 Å². The molecule has 0 bridgehead atoms. The van der Waals surface area contributed by atoms with Gasteiger partial charge in [0.25, 0.3) is 0 Å². The zero-order valence-corrected chi connectivity index (χ0v) is 19.5. The minimum absolute atomic E-state index is 0.103. The molecule has 0 N–H and O–H groups in total. The van der Waals surface area contributed by atoms with Crippen LogP contribution >= 0.6 is 0 Å². The van der Waals surface area contributed by atoms with Crippen LogP contribution in [-0.2, 0) is 0 Å². The molecule has 1 unspecified atom stereocenters. The Morgan fingerprint density at radius 2 is 1.23 bits per heavy atom. The number of rotatable bonds is 6. The minimum atomic E-state index is 0.103. The Morgan fingerprint density at radius 3 is 1.70 bits per heavy atom. The van der Waals surface area contributed by atoms with Gasteiger partial charge in [-0.3, -0.25) is 4.79 Å². The summed E-state index contributed by atoms with van der Waals surface area (Å²) in [6, 6.07) is 16.8. The second-order valence-corrected chi connectivity index (χ2v) is 8.90. The number of hydrogen-bond acceptors (Lipinski definition) is 1. The first-order valence-electron chi connectivity index (χ1n) is 11.0. The molecule has 0 amide bonds. The second kappa shape index (κ2) is 9.04. The van der Waals surface area contributed by atoms with Gasteiger partial charge in [0.05, 0.1) is 0 Å². The molecule has 3 aromatic rings. The fourth-order valence-electron chi connectivity index (χ4n) is 4.43. The topological polar surface area (TPSA) is 17.1 Å². The van der Waals surface area contributed by atoms with E-state index in [9.17, 15) is 4.79 Å². The van der Waals surface area contributed by atoms with Crippen LogP contribution in [0.5, 0.6) is 0 Å². The molecule has 30 heavy (non-hydrogen) atoms. The molecule has 0 aliphatic rings. The highest BCUT2D eigenvalue weighted by Crippen LogP contribution is 2.20. The summed E-state index contributed by atoms with van der Waals surface area (Å²) in [5.41, 5.74) is 11.9. The maximum absolute atomic E-state index is 13.1. The van der Waals surface area contributed by atoms with E-state index < -0.39 is 0 Å². The highest BCUT2D eigenvalue weighted by molar-refractivity contribution is 6.69. The molecule has 0 fully saturated rings. The van der Waals surface area contributed by atoms with Crippen molar-refractivity contribution >= 4 is 24.0 Å². The van der Waals surface area contributed by atoms with E-state index in [4.69, 9.17) is 0 Å². The van der Waals surface area contributed by atoms with Gasteiger partial charge in [-0.05, 0) is 64.7 Å². The molecular weight excluding hydrogens is 363 g/mol. The highest BCUT2D eigenvalue weighted by Gasteiger charge is 2.16. The van der Waals surface area contributed by atoms with E-state index in [-0.39, 0.29) is 5.78 Å². The molecule has 0 saturated carbocycles. The third-order valence-electron chi connectivity index (χ3n) is 6.51. The molecule has 0 heterocycles. The van der Waals surface area contributed by atoms with Crippen LogP contribution in [0.3, 0.4) is 0 Å². The molecule has 154 valence electrons. The molecule has 0 radical (unpaired) electrons. The smallest absolute Gasteiger partial charge is 0.193 e. The molecular formula is C28H33BO. The Bertz CT molecular complexity index is 1030. The van der Waals surface area contributed by atoms with Crippen molar-refractivity contribution in [2.24, 2.45) is 0 Å². The summed E-state index contributed by atoms with van der Waals surface area (Å²) in [5.74, 6) is 0.623. The van der Waals surface area contributed by atoms with E-state index in [1.807, 2.05) is 12.1 Å². The first-order valence-corrected chi connectivity index (χ1v) is 11.0. The van der Waals surface area contributed by atoms with Crippen molar-refractivity contribution in [2.75, 3.05) is 0 Å². The average Bonchev–Trinajstić information content (AvgIpc) is 2.71. The van der Waals surface area contributed by atoms with E-state index in [1.54, 1.807) is 0 Å². The summed E-state index contributed by atoms with van der Waals surface area (Å²) in [6.45, 7) is 15.2. The largest absolute Gasteiger partial charge is 0.289 e. The van der Waals surface area contributed by atoms with E-state index >= 15 is 0 Å². The summed E-state index contributed by atoms with van der Waals surface area (Å²) in [7, 11) is 0.910. The highest BCUT2D eigenvalue weighted by atomic mass is 16.1. The van der Waals surface area contributed by atoms with Crippen molar-refractivity contribution in [3.63, 3.8) is 0 Å². The predicted octanol–water partition coefficient (Wildman–Crippen LogP) is 5.36. The molecule has 0 saturated heterocycles. The van der Waals surface area contributed by atoms with Gasteiger partial charge in [0.15, 0.2) is 13.1 Å². The third-order valence-corrected chi connectivity index (χ3v) is 6.51. The lowest BCUT2D eigenvalue weighted by Gasteiger charge is -2.16. The summed E-state index contributed by atoms with van der Waals surface area (Å²) >= 11 is 0. The zero-order chi connectivity index (χ0) is 22.0. The van der Waals surface area contributed by atoms with Crippen molar-refractivity contribution in [2.45, 2.75) is 60.8 Å². The lowest BCUT2D eigenvalue weighted by Crippen LogP contribution is -2.35. The summed E-state index contributed by atoms with van der Waals surface area (Å²) in [5, 5.41) is 0. The molecule has 3 aromatic carbocycles. The van der Waals surface area contributed by atoms with E-state index in [2.05, 4.69) is 84.9 Å². The van der Waals surface area contributed by atoms with E-state index in [1.165, 1.54) is 44.3 Å². The predicted molar refractivity (Wildman–Crippen MR) is 132 cm³/mol. The van der Waals surface area contributed by atoms with Crippen LogP contribution in [0.25, 0.3) is 0 Å². The standard InChI is InChI=1S/C28H33BO/c1-8-18(3)23-9-11-24(12-10-23)28(30)25-15-21(6)27(22(7)16-25)29-26-19(4)13-17(2)14-20(26)5/h9-16,18,29H,8H2,1-7H3.